The summed E-state index contributed by atoms with van der Waals surface area (Å²) < 4.78 is 5.29. The number of rotatable bonds is 5. The highest BCUT2D eigenvalue weighted by atomic mass is 16.5. The van der Waals surface area contributed by atoms with Crippen LogP contribution in [0.1, 0.15) is 33.9 Å². The number of aromatic amines is 1. The van der Waals surface area contributed by atoms with Gasteiger partial charge in [0.1, 0.15) is 5.75 Å². The summed E-state index contributed by atoms with van der Waals surface area (Å²) in [5.41, 5.74) is 6.91. The molecule has 5 rings (SSSR count). The number of hydrogen-bond acceptors (Lipinski definition) is 3. The van der Waals surface area contributed by atoms with E-state index < -0.39 is 0 Å². The van der Waals surface area contributed by atoms with Crippen LogP contribution in [0.5, 0.6) is 5.75 Å². The average molecular weight is 409 g/mol. The molecule has 2 N–H and O–H groups in total. The summed E-state index contributed by atoms with van der Waals surface area (Å²) >= 11 is 0. The number of hydrogen-bond donors (Lipinski definition) is 2. The summed E-state index contributed by atoms with van der Waals surface area (Å²) in [6.07, 6.45) is 1.96. The number of nitrogens with zero attached hydrogens (tertiary/aromatic N) is 1. The minimum Gasteiger partial charge on any atom is -0.497 e. The van der Waals surface area contributed by atoms with Crippen LogP contribution in [-0.4, -0.2) is 23.2 Å². The van der Waals surface area contributed by atoms with Gasteiger partial charge in [0, 0.05) is 11.1 Å². The van der Waals surface area contributed by atoms with Crippen LogP contribution in [0, 0.1) is 0 Å². The molecule has 0 saturated carbocycles. The Bertz CT molecular complexity index is 1230. The molecule has 1 aliphatic carbocycles. The smallest absolute Gasteiger partial charge is 0.251 e. The molecular weight excluding hydrogens is 386 g/mol. The van der Waals surface area contributed by atoms with Crippen LogP contribution in [0.2, 0.25) is 0 Å². The number of ether oxygens (including phenoxy) is 1. The van der Waals surface area contributed by atoms with Crippen molar-refractivity contribution in [2.45, 2.75) is 18.9 Å². The lowest BCUT2D eigenvalue weighted by Crippen LogP contribution is -2.27. The number of carbonyl (C=O) groups is 1. The highest BCUT2D eigenvalue weighted by Gasteiger charge is 2.23. The van der Waals surface area contributed by atoms with E-state index in [0.29, 0.717) is 5.56 Å². The van der Waals surface area contributed by atoms with Gasteiger partial charge < -0.3 is 10.1 Å². The monoisotopic (exact) mass is 409 g/mol. The molecule has 0 aliphatic heterocycles. The highest BCUT2D eigenvalue weighted by Crippen LogP contribution is 2.31. The fraction of sp³-hybridized carbons (Fsp3) is 0.154. The molecule has 154 valence electrons. The molecule has 4 aromatic rings. The Labute approximate surface area is 181 Å². The second kappa shape index (κ2) is 8.11. The molecule has 31 heavy (non-hydrogen) atoms. The van der Waals surface area contributed by atoms with Gasteiger partial charge in [-0.25, -0.2) is 0 Å². The first-order valence-corrected chi connectivity index (χ1v) is 10.4. The third kappa shape index (κ3) is 3.82. The topological polar surface area (TPSA) is 67.0 Å². The van der Waals surface area contributed by atoms with E-state index in [1.54, 1.807) is 7.11 Å². The van der Waals surface area contributed by atoms with E-state index >= 15 is 0 Å². The van der Waals surface area contributed by atoms with E-state index in [9.17, 15) is 4.79 Å². The third-order valence-electron chi connectivity index (χ3n) is 5.84. The summed E-state index contributed by atoms with van der Waals surface area (Å²) in [5, 5.41) is 10.7. The molecule has 0 spiro atoms. The number of benzene rings is 3. The van der Waals surface area contributed by atoms with Crippen molar-refractivity contribution in [2.24, 2.45) is 0 Å². The minimum atomic E-state index is -0.0464. The van der Waals surface area contributed by atoms with Gasteiger partial charge in [0.15, 0.2) is 0 Å². The summed E-state index contributed by atoms with van der Waals surface area (Å²) in [5.74, 6) is 0.747. The molecule has 1 heterocycles. The van der Waals surface area contributed by atoms with Crippen molar-refractivity contribution in [1.82, 2.24) is 15.5 Å². The van der Waals surface area contributed by atoms with E-state index in [2.05, 4.69) is 33.7 Å². The summed E-state index contributed by atoms with van der Waals surface area (Å²) in [6, 6.07) is 25.8. The zero-order chi connectivity index (χ0) is 21.2. The van der Waals surface area contributed by atoms with Crippen molar-refractivity contribution < 1.29 is 9.53 Å². The summed E-state index contributed by atoms with van der Waals surface area (Å²) in [7, 11) is 1.65. The molecule has 0 saturated heterocycles. The van der Waals surface area contributed by atoms with Crippen LogP contribution in [-0.2, 0) is 6.42 Å². The summed E-state index contributed by atoms with van der Waals surface area (Å²) in [6.45, 7) is 0. The Morgan fingerprint density at radius 3 is 2.68 bits per heavy atom. The van der Waals surface area contributed by atoms with Gasteiger partial charge in [0.05, 0.1) is 24.5 Å². The first-order chi connectivity index (χ1) is 15.2. The second-order valence-electron chi connectivity index (χ2n) is 7.74. The van der Waals surface area contributed by atoms with Gasteiger partial charge in [-0.2, -0.15) is 5.10 Å². The Morgan fingerprint density at radius 1 is 1.00 bits per heavy atom. The molecule has 5 nitrogen and oxygen atoms in total. The van der Waals surface area contributed by atoms with E-state index in [-0.39, 0.29) is 11.9 Å². The van der Waals surface area contributed by atoms with Crippen LogP contribution in [0.25, 0.3) is 22.5 Å². The molecule has 5 heteroatoms. The molecule has 1 aromatic heterocycles. The molecule has 0 unspecified atom stereocenters. The molecule has 1 aliphatic rings. The lowest BCUT2D eigenvalue weighted by Gasteiger charge is -2.14. The fourth-order valence-corrected chi connectivity index (χ4v) is 4.15. The van der Waals surface area contributed by atoms with Gasteiger partial charge in [-0.3, -0.25) is 9.89 Å². The molecule has 0 fully saturated rings. The Balaban J connectivity index is 1.30. The zero-order valence-electron chi connectivity index (χ0n) is 17.3. The predicted molar refractivity (Wildman–Crippen MR) is 121 cm³/mol. The molecule has 3 aromatic carbocycles. The quantitative estimate of drug-likeness (QED) is 0.478. The first kappa shape index (κ1) is 19.1. The van der Waals surface area contributed by atoms with Crippen molar-refractivity contribution in [3.63, 3.8) is 0 Å². The van der Waals surface area contributed by atoms with Crippen molar-refractivity contribution in [3.8, 4) is 28.3 Å². The zero-order valence-corrected chi connectivity index (χ0v) is 17.3. The van der Waals surface area contributed by atoms with Crippen molar-refractivity contribution >= 4 is 5.91 Å². The van der Waals surface area contributed by atoms with E-state index in [4.69, 9.17) is 4.74 Å². The van der Waals surface area contributed by atoms with Crippen molar-refractivity contribution in [3.05, 3.63) is 95.6 Å². The second-order valence-corrected chi connectivity index (χ2v) is 7.74. The Morgan fingerprint density at radius 2 is 1.84 bits per heavy atom. The van der Waals surface area contributed by atoms with Gasteiger partial charge in [-0.15, -0.1) is 0 Å². The van der Waals surface area contributed by atoms with Gasteiger partial charge in [0.2, 0.25) is 0 Å². The average Bonchev–Trinajstić information content (AvgIpc) is 3.47. The van der Waals surface area contributed by atoms with Crippen LogP contribution < -0.4 is 10.1 Å². The number of H-pyrrole nitrogens is 1. The van der Waals surface area contributed by atoms with Crippen LogP contribution in [0.15, 0.2) is 78.9 Å². The molecule has 1 amide bonds. The number of amides is 1. The number of carbonyl (C=O) groups excluding carboxylic acids is 1. The lowest BCUT2D eigenvalue weighted by atomic mass is 10.1. The van der Waals surface area contributed by atoms with Gasteiger partial charge in [-0.1, -0.05) is 48.5 Å². The number of nitrogens with one attached hydrogen (secondary N) is 2. The molecule has 0 bridgehead atoms. The summed E-state index contributed by atoms with van der Waals surface area (Å²) in [4.78, 5) is 12.8. The first-order valence-electron chi connectivity index (χ1n) is 10.4. The van der Waals surface area contributed by atoms with Gasteiger partial charge in [-0.05, 0) is 59.9 Å². The van der Waals surface area contributed by atoms with E-state index in [0.717, 1.165) is 41.1 Å². The standard InChI is InChI=1S/C26H23N3O2/c1-31-21-7-4-6-20(15-21)25-16-24(28-29-25)18-9-11-19(12-10-18)26(30)27-23-14-13-17-5-2-3-8-22(17)23/h2-12,15-16,23H,13-14H2,1H3,(H,27,30)(H,28,29)/t23-/m1/s1. The SMILES string of the molecule is COc1cccc(-c2cc(-c3ccc(C(=O)N[C@@H]4CCc5ccccc54)cc3)[nH]n2)c1. The number of fused-ring (bicyclic) bond motifs is 1. The highest BCUT2D eigenvalue weighted by molar-refractivity contribution is 5.95. The molecule has 0 radical (unpaired) electrons. The number of methoxy groups -OCH3 is 1. The Kier molecular flexibility index (Phi) is 5.00. The lowest BCUT2D eigenvalue weighted by molar-refractivity contribution is 0.0936. The van der Waals surface area contributed by atoms with Gasteiger partial charge in [0.25, 0.3) is 5.91 Å². The number of aromatic nitrogens is 2. The van der Waals surface area contributed by atoms with Crippen LogP contribution in [0.3, 0.4) is 0 Å². The van der Waals surface area contributed by atoms with Crippen molar-refractivity contribution in [2.75, 3.05) is 7.11 Å². The molecular formula is C26H23N3O2. The number of aryl methyl sites for hydroxylation is 1. The predicted octanol–water partition coefficient (Wildman–Crippen LogP) is 5.17. The Hall–Kier alpha value is -3.86. The fourth-order valence-electron chi connectivity index (χ4n) is 4.15. The van der Waals surface area contributed by atoms with Gasteiger partial charge >= 0.3 is 0 Å². The van der Waals surface area contributed by atoms with E-state index in [1.165, 1.54) is 11.1 Å². The minimum absolute atomic E-state index is 0.0464. The van der Waals surface area contributed by atoms with Crippen LogP contribution in [0.4, 0.5) is 0 Å². The maximum absolute atomic E-state index is 12.8. The maximum Gasteiger partial charge on any atom is 0.251 e. The maximum atomic E-state index is 12.8. The van der Waals surface area contributed by atoms with Crippen molar-refractivity contribution in [1.29, 1.82) is 0 Å². The third-order valence-corrected chi connectivity index (χ3v) is 5.84. The van der Waals surface area contributed by atoms with E-state index in [1.807, 2.05) is 60.7 Å². The van der Waals surface area contributed by atoms with Crippen LogP contribution >= 0.6 is 0 Å². The normalized spacial score (nSPS) is 14.8. The largest absolute Gasteiger partial charge is 0.497 e. The molecule has 1 atom stereocenters.